The molecule has 0 saturated carbocycles. The smallest absolute Gasteiger partial charge is 0.303 e. The summed E-state index contributed by atoms with van der Waals surface area (Å²) in [6.07, 6.45) is 17.7. The minimum atomic E-state index is -0.662. The highest BCUT2D eigenvalue weighted by Crippen LogP contribution is 2.31. The maximum absolute atomic E-state index is 10.4. The largest absolute Gasteiger partial charge is 0.481 e. The van der Waals surface area contributed by atoms with E-state index in [1.165, 1.54) is 70.6 Å². The fourth-order valence-corrected chi connectivity index (χ4v) is 2.96. The molecule has 1 rings (SSSR count). The maximum atomic E-state index is 10.4. The summed E-state index contributed by atoms with van der Waals surface area (Å²) < 4.78 is 5.71. The molecule has 0 aliphatic carbocycles. The molecular formula is C18H34O3. The number of unbranched alkanes of at least 4 members (excludes halogenated alkanes) is 9. The predicted octanol–water partition coefficient (Wildman–Crippen LogP) is 5.32. The van der Waals surface area contributed by atoms with Crippen molar-refractivity contribution >= 4 is 5.97 Å². The molecule has 0 unspecified atom stereocenters. The number of hydrogen-bond donors (Lipinski definition) is 1. The van der Waals surface area contributed by atoms with Crippen molar-refractivity contribution in [1.82, 2.24) is 0 Å². The Morgan fingerprint density at radius 3 is 1.81 bits per heavy atom. The molecule has 1 saturated heterocycles. The predicted molar refractivity (Wildman–Crippen MR) is 86.6 cm³/mol. The molecule has 0 amide bonds. The quantitative estimate of drug-likeness (QED) is 0.329. The molecular weight excluding hydrogens is 264 g/mol. The monoisotopic (exact) mass is 298 g/mol. The summed E-state index contributed by atoms with van der Waals surface area (Å²) in [4.78, 5) is 10.4. The Bertz CT molecular complexity index is 265. The summed E-state index contributed by atoms with van der Waals surface area (Å²) >= 11 is 0. The van der Waals surface area contributed by atoms with Gasteiger partial charge in [-0.25, -0.2) is 0 Å². The van der Waals surface area contributed by atoms with Crippen LogP contribution in [0.3, 0.4) is 0 Å². The SMILES string of the molecule is CCCCC[C@H]1O[C@H]1CCCCCCCCCCC(=O)O. The molecule has 0 radical (unpaired) electrons. The third-order valence-corrected chi connectivity index (χ3v) is 4.41. The van der Waals surface area contributed by atoms with Gasteiger partial charge in [0.1, 0.15) is 0 Å². The van der Waals surface area contributed by atoms with Gasteiger partial charge < -0.3 is 9.84 Å². The normalized spacial score (nSPS) is 20.6. The van der Waals surface area contributed by atoms with E-state index in [1.54, 1.807) is 0 Å². The Balaban J connectivity index is 1.73. The van der Waals surface area contributed by atoms with E-state index in [0.717, 1.165) is 12.8 Å². The lowest BCUT2D eigenvalue weighted by atomic mass is 10.0. The van der Waals surface area contributed by atoms with Crippen LogP contribution in [-0.4, -0.2) is 23.3 Å². The molecule has 0 aromatic heterocycles. The number of aliphatic carboxylic acids is 1. The van der Waals surface area contributed by atoms with E-state index >= 15 is 0 Å². The average molecular weight is 298 g/mol. The minimum Gasteiger partial charge on any atom is -0.481 e. The van der Waals surface area contributed by atoms with Crippen molar-refractivity contribution in [2.45, 2.75) is 109 Å². The highest BCUT2D eigenvalue weighted by molar-refractivity contribution is 5.66. The molecule has 21 heavy (non-hydrogen) atoms. The number of epoxide rings is 1. The second-order valence-electron chi connectivity index (χ2n) is 6.47. The summed E-state index contributed by atoms with van der Waals surface area (Å²) in [7, 11) is 0. The zero-order chi connectivity index (χ0) is 15.3. The minimum absolute atomic E-state index is 0.334. The van der Waals surface area contributed by atoms with Crippen LogP contribution in [-0.2, 0) is 9.53 Å². The number of carboxylic acid groups (broad SMARTS) is 1. The zero-order valence-electron chi connectivity index (χ0n) is 13.8. The van der Waals surface area contributed by atoms with Crippen LogP contribution < -0.4 is 0 Å². The molecule has 1 heterocycles. The highest BCUT2D eigenvalue weighted by atomic mass is 16.6. The van der Waals surface area contributed by atoms with Crippen LogP contribution in [0.1, 0.15) is 96.8 Å². The second-order valence-corrected chi connectivity index (χ2v) is 6.47. The van der Waals surface area contributed by atoms with E-state index in [1.807, 2.05) is 0 Å². The molecule has 1 aliphatic rings. The van der Waals surface area contributed by atoms with Crippen LogP contribution in [0.5, 0.6) is 0 Å². The first kappa shape index (κ1) is 18.5. The molecule has 0 aromatic carbocycles. The summed E-state index contributed by atoms with van der Waals surface area (Å²) in [5.74, 6) is -0.662. The first-order chi connectivity index (χ1) is 10.2. The Morgan fingerprint density at radius 2 is 1.29 bits per heavy atom. The molecule has 0 bridgehead atoms. The standard InChI is InChI=1S/C18H34O3/c1-2-3-10-13-16-17(21-16)14-11-8-6-4-5-7-9-12-15-18(19)20/h16-17H,2-15H2,1H3,(H,19,20)/t16-,17+/m1/s1. The molecule has 3 nitrogen and oxygen atoms in total. The van der Waals surface area contributed by atoms with E-state index in [0.29, 0.717) is 18.6 Å². The first-order valence-electron chi connectivity index (χ1n) is 9.11. The van der Waals surface area contributed by atoms with Crippen LogP contribution in [0.2, 0.25) is 0 Å². The van der Waals surface area contributed by atoms with Crippen molar-refractivity contribution in [1.29, 1.82) is 0 Å². The van der Waals surface area contributed by atoms with Gasteiger partial charge in [-0.2, -0.15) is 0 Å². The second kappa shape index (κ2) is 12.0. The molecule has 2 atom stereocenters. The van der Waals surface area contributed by atoms with E-state index in [2.05, 4.69) is 6.92 Å². The third kappa shape index (κ3) is 10.8. The van der Waals surface area contributed by atoms with Crippen LogP contribution in [0.25, 0.3) is 0 Å². The molecule has 124 valence electrons. The van der Waals surface area contributed by atoms with Crippen molar-refractivity contribution in [3.8, 4) is 0 Å². The lowest BCUT2D eigenvalue weighted by Crippen LogP contribution is -1.94. The summed E-state index contributed by atoms with van der Waals surface area (Å²) in [6.45, 7) is 2.25. The number of rotatable bonds is 15. The first-order valence-corrected chi connectivity index (χ1v) is 9.11. The zero-order valence-corrected chi connectivity index (χ0v) is 13.8. The van der Waals surface area contributed by atoms with Gasteiger partial charge in [0.05, 0.1) is 12.2 Å². The fourth-order valence-electron chi connectivity index (χ4n) is 2.96. The molecule has 0 aromatic rings. The highest BCUT2D eigenvalue weighted by Gasteiger charge is 2.36. The third-order valence-electron chi connectivity index (χ3n) is 4.41. The Labute approximate surface area is 130 Å². The lowest BCUT2D eigenvalue weighted by molar-refractivity contribution is -0.137. The van der Waals surface area contributed by atoms with E-state index in [-0.39, 0.29) is 0 Å². The van der Waals surface area contributed by atoms with Crippen LogP contribution in [0, 0.1) is 0 Å². The van der Waals surface area contributed by atoms with Gasteiger partial charge in [0.25, 0.3) is 0 Å². The van der Waals surface area contributed by atoms with Crippen molar-refractivity contribution in [3.05, 3.63) is 0 Å². The van der Waals surface area contributed by atoms with Crippen molar-refractivity contribution in [2.24, 2.45) is 0 Å². The topological polar surface area (TPSA) is 49.8 Å². The van der Waals surface area contributed by atoms with Gasteiger partial charge in [0, 0.05) is 6.42 Å². The van der Waals surface area contributed by atoms with E-state index in [4.69, 9.17) is 9.84 Å². The van der Waals surface area contributed by atoms with Gasteiger partial charge in [-0.05, 0) is 19.3 Å². The Kier molecular flexibility index (Phi) is 10.6. The molecule has 0 spiro atoms. The number of carbonyl (C=O) groups is 1. The van der Waals surface area contributed by atoms with Crippen molar-refractivity contribution in [3.63, 3.8) is 0 Å². The molecule has 1 fully saturated rings. The van der Waals surface area contributed by atoms with Crippen molar-refractivity contribution < 1.29 is 14.6 Å². The van der Waals surface area contributed by atoms with Crippen LogP contribution in [0.15, 0.2) is 0 Å². The number of hydrogen-bond acceptors (Lipinski definition) is 2. The van der Waals surface area contributed by atoms with E-state index < -0.39 is 5.97 Å². The van der Waals surface area contributed by atoms with Gasteiger partial charge in [-0.3, -0.25) is 4.79 Å². The Morgan fingerprint density at radius 1 is 0.810 bits per heavy atom. The van der Waals surface area contributed by atoms with E-state index in [9.17, 15) is 4.79 Å². The molecule has 1 N–H and O–H groups in total. The van der Waals surface area contributed by atoms with Crippen LogP contribution in [0.4, 0.5) is 0 Å². The van der Waals surface area contributed by atoms with Gasteiger partial charge >= 0.3 is 5.97 Å². The summed E-state index contributed by atoms with van der Waals surface area (Å²) in [6, 6.07) is 0. The number of ether oxygens (including phenoxy) is 1. The van der Waals surface area contributed by atoms with Gasteiger partial charge in [-0.1, -0.05) is 71.1 Å². The summed E-state index contributed by atoms with van der Waals surface area (Å²) in [5.41, 5.74) is 0. The van der Waals surface area contributed by atoms with Gasteiger partial charge in [0.2, 0.25) is 0 Å². The molecule has 3 heteroatoms. The van der Waals surface area contributed by atoms with Gasteiger partial charge in [-0.15, -0.1) is 0 Å². The van der Waals surface area contributed by atoms with Gasteiger partial charge in [0.15, 0.2) is 0 Å². The molecule has 1 aliphatic heterocycles. The van der Waals surface area contributed by atoms with Crippen LogP contribution >= 0.6 is 0 Å². The average Bonchev–Trinajstić information content (AvgIpc) is 3.19. The number of carboxylic acids is 1. The maximum Gasteiger partial charge on any atom is 0.303 e. The Hall–Kier alpha value is -0.570. The fraction of sp³-hybridized carbons (Fsp3) is 0.944. The lowest BCUT2D eigenvalue weighted by Gasteiger charge is -2.01. The van der Waals surface area contributed by atoms with Crippen molar-refractivity contribution in [2.75, 3.05) is 0 Å². The summed E-state index contributed by atoms with van der Waals surface area (Å²) in [5, 5.41) is 8.53.